The van der Waals surface area contributed by atoms with E-state index >= 15 is 0 Å². The average Bonchev–Trinajstić information content (AvgIpc) is 3.37. The summed E-state index contributed by atoms with van der Waals surface area (Å²) in [6, 6.07) is -0.844. The maximum absolute atomic E-state index is 13.6. The molecule has 3 atom stereocenters. The summed E-state index contributed by atoms with van der Waals surface area (Å²) in [5.41, 5.74) is 0. The van der Waals surface area contributed by atoms with Gasteiger partial charge >= 0.3 is 13.8 Å². The molecule has 0 spiro atoms. The second-order valence-electron chi connectivity index (χ2n) is 23.3. The summed E-state index contributed by atoms with van der Waals surface area (Å²) in [5, 5.41) is 3.07. The quantitative estimate of drug-likeness (QED) is 0.0205. The number of amides is 1. The van der Waals surface area contributed by atoms with Gasteiger partial charge in [0.2, 0.25) is 5.91 Å². The molecule has 0 rings (SSSR count). The van der Waals surface area contributed by atoms with Crippen LogP contribution in [-0.4, -0.2) is 74.3 Å². The highest BCUT2D eigenvalue weighted by atomic mass is 31.2. The molecule has 3 unspecified atom stereocenters. The molecule has 0 aliphatic heterocycles. The van der Waals surface area contributed by atoms with E-state index < -0.39 is 20.0 Å². The van der Waals surface area contributed by atoms with Gasteiger partial charge in [-0.1, -0.05) is 276 Å². The maximum Gasteiger partial charge on any atom is 0.472 e. The molecule has 10 heteroatoms. The summed E-state index contributed by atoms with van der Waals surface area (Å²) in [6.07, 6.45) is 67.1. The van der Waals surface area contributed by atoms with Crippen LogP contribution in [0.25, 0.3) is 0 Å². The Hall–Kier alpha value is -1.77. The van der Waals surface area contributed by atoms with Gasteiger partial charge in [0.25, 0.3) is 0 Å². The largest absolute Gasteiger partial charge is 0.472 e. The number of hydrogen-bond acceptors (Lipinski definition) is 6. The molecule has 0 aromatic heterocycles. The van der Waals surface area contributed by atoms with Crippen molar-refractivity contribution in [1.82, 2.24) is 5.32 Å². The van der Waals surface area contributed by atoms with Crippen molar-refractivity contribution < 1.29 is 37.3 Å². The number of nitrogens with zero attached hydrogens (tertiary/aromatic N) is 1. The van der Waals surface area contributed by atoms with E-state index in [4.69, 9.17) is 13.8 Å². The predicted molar refractivity (Wildman–Crippen MR) is 323 cm³/mol. The van der Waals surface area contributed by atoms with E-state index in [1.807, 2.05) is 33.3 Å². The predicted octanol–water partition coefficient (Wildman–Crippen LogP) is 19.9. The first-order chi connectivity index (χ1) is 36.4. The van der Waals surface area contributed by atoms with Gasteiger partial charge in [-0.3, -0.25) is 18.6 Å². The number of ether oxygens (including phenoxy) is 1. The minimum Gasteiger partial charge on any atom is -0.456 e. The third-order valence-corrected chi connectivity index (χ3v) is 15.6. The number of likely N-dealkylation sites (N-methyl/N-ethyl adjacent to an activating group) is 1. The number of quaternary nitrogens is 1. The molecule has 75 heavy (non-hydrogen) atoms. The molecule has 0 aliphatic carbocycles. The molecule has 1 amide bonds. The highest BCUT2D eigenvalue weighted by Gasteiger charge is 2.30. The van der Waals surface area contributed by atoms with Gasteiger partial charge in [-0.2, -0.15) is 0 Å². The molecule has 0 radical (unpaired) electrons. The molecule has 0 heterocycles. The van der Waals surface area contributed by atoms with Crippen molar-refractivity contribution in [3.63, 3.8) is 0 Å². The average molecular weight is 1080 g/mol. The van der Waals surface area contributed by atoms with Crippen LogP contribution >= 0.6 is 7.82 Å². The van der Waals surface area contributed by atoms with Gasteiger partial charge in [0.1, 0.15) is 19.3 Å². The zero-order valence-corrected chi connectivity index (χ0v) is 51.5. The van der Waals surface area contributed by atoms with E-state index in [-0.39, 0.29) is 25.1 Å². The van der Waals surface area contributed by atoms with Gasteiger partial charge in [0.15, 0.2) is 0 Å². The number of nitrogens with one attached hydrogen (secondary N) is 1. The fraction of sp³-hybridized carbons (Fsp3) is 0.877. The third-order valence-electron chi connectivity index (χ3n) is 14.6. The zero-order chi connectivity index (χ0) is 55.0. The number of carbonyl (C=O) groups excluding carboxylic acids is 2. The van der Waals surface area contributed by atoms with E-state index in [0.717, 1.165) is 64.2 Å². The first kappa shape index (κ1) is 73.2. The topological polar surface area (TPSA) is 111 Å². The van der Waals surface area contributed by atoms with Crippen LogP contribution in [0.4, 0.5) is 0 Å². The molecule has 2 N–H and O–H groups in total. The van der Waals surface area contributed by atoms with Gasteiger partial charge in [0, 0.05) is 12.8 Å². The Morgan fingerprint density at radius 3 is 1.23 bits per heavy atom. The SMILES string of the molecule is CCCCC/C=C\C/C=C\CCCCCCCCCCCCCCCC(=O)NC(COP(=O)(O)OCC[N+](C)(C)C)C(/C=C\CCCCCCCCCCCCC)OC(=O)CCCCCCCCCCCCCCC. The van der Waals surface area contributed by atoms with Crippen molar-refractivity contribution >= 4 is 19.7 Å². The van der Waals surface area contributed by atoms with Crippen molar-refractivity contribution in [2.75, 3.05) is 40.9 Å². The van der Waals surface area contributed by atoms with Crippen LogP contribution in [0.1, 0.15) is 316 Å². The summed E-state index contributed by atoms with van der Waals surface area (Å²) in [7, 11) is 1.51. The van der Waals surface area contributed by atoms with Crippen LogP contribution in [0.2, 0.25) is 0 Å². The lowest BCUT2D eigenvalue weighted by molar-refractivity contribution is -0.870. The Bertz CT molecular complexity index is 1380. The normalized spacial score (nSPS) is 13.9. The summed E-state index contributed by atoms with van der Waals surface area (Å²) in [5.74, 6) is -0.491. The zero-order valence-electron chi connectivity index (χ0n) is 50.6. The minimum atomic E-state index is -4.44. The van der Waals surface area contributed by atoms with Crippen molar-refractivity contribution in [1.29, 1.82) is 0 Å². The molecule has 0 aliphatic rings. The molecule has 9 nitrogen and oxygen atoms in total. The van der Waals surface area contributed by atoms with E-state index in [2.05, 4.69) is 50.4 Å². The van der Waals surface area contributed by atoms with Gasteiger partial charge in [-0.05, 0) is 63.9 Å². The number of hydrogen-bond donors (Lipinski definition) is 2. The minimum absolute atomic E-state index is 0.0429. The molecule has 0 aromatic rings. The molecular weight excluding hydrogens is 952 g/mol. The molecule has 0 bridgehead atoms. The van der Waals surface area contributed by atoms with E-state index in [9.17, 15) is 19.0 Å². The number of allylic oxidation sites excluding steroid dienone is 5. The molecule has 0 fully saturated rings. The lowest BCUT2D eigenvalue weighted by Gasteiger charge is -2.27. The van der Waals surface area contributed by atoms with Crippen LogP contribution in [0, 0.1) is 0 Å². The lowest BCUT2D eigenvalue weighted by Crippen LogP contribution is -2.47. The smallest absolute Gasteiger partial charge is 0.456 e. The Labute approximate surface area is 466 Å². The van der Waals surface area contributed by atoms with Crippen LogP contribution in [-0.2, 0) is 27.9 Å². The van der Waals surface area contributed by atoms with Gasteiger partial charge < -0.3 is 19.4 Å². The Morgan fingerprint density at radius 1 is 0.467 bits per heavy atom. The van der Waals surface area contributed by atoms with Crippen molar-refractivity contribution in [3.05, 3.63) is 36.5 Å². The standard InChI is InChI=1S/C65H125N2O7P/c1-7-10-13-16-19-22-25-28-29-30-31-32-33-34-35-36-37-40-42-45-48-51-54-57-64(68)66-62(61-73-75(70,71)72-60-59-67(4,5)6)63(56-53-50-47-44-41-38-26-23-20-17-14-11-8-2)74-65(69)58-55-52-49-46-43-39-27-24-21-18-15-12-9-3/h19,22,28-29,53,56,62-63H,7-18,20-21,23-27,30-52,54-55,57-61H2,1-6H3,(H-,66,68,70,71)/p+1/b22-19-,29-28-,56-53-. The molecule has 0 aromatic carbocycles. The van der Waals surface area contributed by atoms with Crippen LogP contribution < -0.4 is 5.32 Å². The molecule has 0 saturated carbocycles. The molecular formula is C65H126N2O7P+. The van der Waals surface area contributed by atoms with Crippen molar-refractivity contribution in [2.45, 2.75) is 328 Å². The summed E-state index contributed by atoms with van der Waals surface area (Å²) < 4.78 is 30.7. The van der Waals surface area contributed by atoms with Crippen molar-refractivity contribution in [3.8, 4) is 0 Å². The summed E-state index contributed by atoms with van der Waals surface area (Å²) in [4.78, 5) is 37.7. The van der Waals surface area contributed by atoms with Crippen LogP contribution in [0.5, 0.6) is 0 Å². The number of esters is 1. The number of unbranched alkanes of at least 4 members (excludes halogenated alkanes) is 39. The number of rotatable bonds is 59. The molecule has 442 valence electrons. The van der Waals surface area contributed by atoms with Gasteiger partial charge in [-0.25, -0.2) is 4.57 Å². The Balaban J connectivity index is 5.13. The second-order valence-corrected chi connectivity index (χ2v) is 24.7. The van der Waals surface area contributed by atoms with Crippen LogP contribution in [0.3, 0.4) is 0 Å². The Morgan fingerprint density at radius 2 is 0.813 bits per heavy atom. The first-order valence-electron chi connectivity index (χ1n) is 32.3. The van der Waals surface area contributed by atoms with E-state index in [1.54, 1.807) is 0 Å². The highest BCUT2D eigenvalue weighted by Crippen LogP contribution is 2.43. The number of phosphoric acid groups is 1. The van der Waals surface area contributed by atoms with Gasteiger partial charge in [-0.15, -0.1) is 0 Å². The number of carbonyl (C=O) groups is 2. The monoisotopic (exact) mass is 1080 g/mol. The van der Waals surface area contributed by atoms with Crippen LogP contribution in [0.15, 0.2) is 36.5 Å². The number of phosphoric ester groups is 1. The highest BCUT2D eigenvalue weighted by molar-refractivity contribution is 7.47. The van der Waals surface area contributed by atoms with Gasteiger partial charge in [0.05, 0.1) is 33.8 Å². The Kier molecular flexibility index (Phi) is 54.2. The molecule has 0 saturated heterocycles. The maximum atomic E-state index is 13.6. The lowest BCUT2D eigenvalue weighted by atomic mass is 10.0. The summed E-state index contributed by atoms with van der Waals surface area (Å²) in [6.45, 7) is 7.03. The van der Waals surface area contributed by atoms with E-state index in [1.165, 1.54) is 218 Å². The third kappa shape index (κ3) is 56.8. The first-order valence-corrected chi connectivity index (χ1v) is 33.8. The van der Waals surface area contributed by atoms with Crippen molar-refractivity contribution in [2.24, 2.45) is 0 Å². The second kappa shape index (κ2) is 55.5. The van der Waals surface area contributed by atoms with E-state index in [0.29, 0.717) is 23.9 Å². The summed E-state index contributed by atoms with van der Waals surface area (Å²) >= 11 is 0. The fourth-order valence-corrected chi connectivity index (χ4v) is 10.3. The fourth-order valence-electron chi connectivity index (χ4n) is 9.56.